The molecule has 1 unspecified atom stereocenters. The smallest absolute Gasteiger partial charge is 0.411 e. The molecule has 0 fully saturated rings. The van der Waals surface area contributed by atoms with Gasteiger partial charge in [-0.2, -0.15) is 0 Å². The first kappa shape index (κ1) is 27.8. The Morgan fingerprint density at radius 3 is 2.64 bits per heavy atom. The number of fused-ring (bicyclic) bond motifs is 4. The molecule has 0 saturated carbocycles. The number of hydrogen-bond donors (Lipinski definition) is 4. The predicted octanol–water partition coefficient (Wildman–Crippen LogP) is 6.03. The minimum atomic E-state index is -0.978. The highest BCUT2D eigenvalue weighted by Gasteiger charge is 2.25. The number of ether oxygens (including phenoxy) is 1. The average molecular weight is 558 g/mol. The fraction of sp³-hybridized carbons (Fsp3) is 0.259. The minimum absolute atomic E-state index is 0.111. The zero-order chi connectivity index (χ0) is 28.1. The van der Waals surface area contributed by atoms with Gasteiger partial charge in [0.25, 0.3) is 5.91 Å². The van der Waals surface area contributed by atoms with Crippen LogP contribution in [0.5, 0.6) is 0 Å². The van der Waals surface area contributed by atoms with Crippen molar-refractivity contribution in [2.75, 3.05) is 17.2 Å². The number of imidazole rings is 1. The third-order valence-corrected chi connectivity index (χ3v) is 6.15. The average Bonchev–Trinajstić information content (AvgIpc) is 3.23. The maximum Gasteiger partial charge on any atom is 0.411 e. The van der Waals surface area contributed by atoms with E-state index >= 15 is 0 Å². The fourth-order valence-electron chi connectivity index (χ4n) is 4.09. The first-order chi connectivity index (χ1) is 18.7. The second-order valence-corrected chi connectivity index (χ2v) is 9.19. The predicted molar refractivity (Wildman–Crippen MR) is 143 cm³/mol. The molecule has 204 valence electrons. The number of allylic oxidation sites excluding steroid dienone is 1. The van der Waals surface area contributed by atoms with Gasteiger partial charge in [-0.05, 0) is 62.6 Å². The Balaban J connectivity index is 1.72. The summed E-state index contributed by atoms with van der Waals surface area (Å²) in [6.45, 7) is 3.39. The largest absolute Gasteiger partial charge is 0.450 e. The maximum atomic E-state index is 14.5. The van der Waals surface area contributed by atoms with Crippen LogP contribution in [0.25, 0.3) is 11.3 Å². The molecule has 1 aliphatic heterocycles. The number of aryl methyl sites for hydroxylation is 1. The molecule has 1 aromatic heterocycles. The summed E-state index contributed by atoms with van der Waals surface area (Å²) in [4.78, 5) is 44.9. The first-order valence-electron chi connectivity index (χ1n) is 12.2. The van der Waals surface area contributed by atoms with E-state index < -0.39 is 35.2 Å². The lowest BCUT2D eigenvalue weighted by molar-refractivity contribution is -0.116. The molecule has 0 spiro atoms. The molecular weight excluding hydrogens is 532 g/mol. The van der Waals surface area contributed by atoms with Gasteiger partial charge in [0.2, 0.25) is 5.91 Å². The summed E-state index contributed by atoms with van der Waals surface area (Å²) >= 11 is 6.50. The molecule has 2 heterocycles. The van der Waals surface area contributed by atoms with Crippen LogP contribution in [-0.4, -0.2) is 34.5 Å². The number of halogens is 3. The van der Waals surface area contributed by atoms with Crippen molar-refractivity contribution in [3.63, 3.8) is 0 Å². The van der Waals surface area contributed by atoms with Gasteiger partial charge in [-0.15, -0.1) is 0 Å². The Labute approximate surface area is 228 Å². The molecular formula is C27H26ClF2N5O4. The standard InChI is InChI=1S/C27H26ClF2N5O4/c1-3-39-27(38)31-15-9-10-16-20(13-15)32-21(36)8-6-4-5-7-19(25-34-23(16)24(28)35-25)33-26(37)22-17(29)11-14(2)12-18(22)30/h4-5,9-13,19H,3,6-8H2,1-2H3,(H,31,38)(H,32,36)(H,33,37)(H,34,35)/b5-4+. The zero-order valence-electron chi connectivity index (χ0n) is 21.2. The Kier molecular flexibility index (Phi) is 8.60. The van der Waals surface area contributed by atoms with Crippen LogP contribution in [0.4, 0.5) is 25.0 Å². The van der Waals surface area contributed by atoms with E-state index in [4.69, 9.17) is 16.3 Å². The van der Waals surface area contributed by atoms with Crippen LogP contribution in [0.3, 0.4) is 0 Å². The van der Waals surface area contributed by atoms with Gasteiger partial charge >= 0.3 is 6.09 Å². The van der Waals surface area contributed by atoms with Crippen LogP contribution < -0.4 is 16.0 Å². The summed E-state index contributed by atoms with van der Waals surface area (Å²) in [6.07, 6.45) is 3.60. The van der Waals surface area contributed by atoms with E-state index in [-0.39, 0.29) is 42.0 Å². The molecule has 9 nitrogen and oxygen atoms in total. The summed E-state index contributed by atoms with van der Waals surface area (Å²) in [5.41, 5.74) is 1.05. The maximum absolute atomic E-state index is 14.5. The number of anilines is 2. The second kappa shape index (κ2) is 12.1. The number of aromatic amines is 1. The summed E-state index contributed by atoms with van der Waals surface area (Å²) in [6, 6.07) is 6.09. The van der Waals surface area contributed by atoms with E-state index in [1.807, 2.05) is 0 Å². The van der Waals surface area contributed by atoms with Crippen molar-refractivity contribution in [2.24, 2.45) is 0 Å². The molecule has 39 heavy (non-hydrogen) atoms. The third kappa shape index (κ3) is 6.61. The number of hydrogen-bond acceptors (Lipinski definition) is 5. The van der Waals surface area contributed by atoms with Crippen LogP contribution in [0.15, 0.2) is 42.5 Å². The molecule has 1 aliphatic rings. The van der Waals surface area contributed by atoms with E-state index in [0.717, 1.165) is 12.1 Å². The van der Waals surface area contributed by atoms with Gasteiger partial charge in [-0.3, -0.25) is 14.9 Å². The monoisotopic (exact) mass is 557 g/mol. The Morgan fingerprint density at radius 2 is 1.92 bits per heavy atom. The molecule has 2 bridgehead atoms. The number of H-pyrrole nitrogens is 1. The van der Waals surface area contributed by atoms with Crippen LogP contribution in [0, 0.1) is 18.6 Å². The second-order valence-electron chi connectivity index (χ2n) is 8.81. The molecule has 4 N–H and O–H groups in total. The summed E-state index contributed by atoms with van der Waals surface area (Å²) in [5.74, 6) is -2.95. The van der Waals surface area contributed by atoms with Gasteiger partial charge in [0, 0.05) is 17.7 Å². The number of rotatable bonds is 4. The Bertz CT molecular complexity index is 1430. The van der Waals surface area contributed by atoms with Gasteiger partial charge in [0.05, 0.1) is 18.3 Å². The van der Waals surface area contributed by atoms with E-state index in [0.29, 0.717) is 28.9 Å². The summed E-state index contributed by atoms with van der Waals surface area (Å²) < 4.78 is 33.8. The fourth-order valence-corrected chi connectivity index (χ4v) is 4.33. The molecule has 4 rings (SSSR count). The molecule has 2 aromatic carbocycles. The number of benzene rings is 2. The SMILES string of the molecule is CCOC(=O)Nc1ccc2c(c1)NC(=O)CC/C=C/CC(NC(=O)c1c(F)cc(C)cc1F)c1nc-2c(Cl)[nH]1. The first-order valence-corrected chi connectivity index (χ1v) is 12.6. The minimum Gasteiger partial charge on any atom is -0.450 e. The molecule has 0 radical (unpaired) electrons. The zero-order valence-corrected chi connectivity index (χ0v) is 21.9. The quantitative estimate of drug-likeness (QED) is 0.291. The highest BCUT2D eigenvalue weighted by atomic mass is 35.5. The van der Waals surface area contributed by atoms with Gasteiger partial charge < -0.3 is 20.4 Å². The van der Waals surface area contributed by atoms with Crippen molar-refractivity contribution >= 4 is 40.9 Å². The molecule has 1 atom stereocenters. The van der Waals surface area contributed by atoms with E-state index in [9.17, 15) is 23.2 Å². The molecule has 3 aromatic rings. The van der Waals surface area contributed by atoms with Crippen molar-refractivity contribution in [3.8, 4) is 11.3 Å². The van der Waals surface area contributed by atoms with Crippen molar-refractivity contribution in [2.45, 2.75) is 39.2 Å². The van der Waals surface area contributed by atoms with Crippen LogP contribution >= 0.6 is 11.6 Å². The normalized spacial score (nSPS) is 16.0. The number of carbonyl (C=O) groups excluding carboxylic acids is 3. The molecule has 12 heteroatoms. The highest BCUT2D eigenvalue weighted by Crippen LogP contribution is 2.35. The Morgan fingerprint density at radius 1 is 1.18 bits per heavy atom. The molecule has 3 amide bonds. The van der Waals surface area contributed by atoms with Crippen LogP contribution in [0.1, 0.15) is 54.0 Å². The number of carbonyl (C=O) groups is 3. The number of nitrogens with zero attached hydrogens (tertiary/aromatic N) is 1. The summed E-state index contributed by atoms with van der Waals surface area (Å²) in [7, 11) is 0. The number of nitrogens with one attached hydrogen (secondary N) is 4. The van der Waals surface area contributed by atoms with E-state index in [1.54, 1.807) is 37.3 Å². The van der Waals surface area contributed by atoms with Crippen LogP contribution in [-0.2, 0) is 9.53 Å². The third-order valence-electron chi connectivity index (χ3n) is 5.87. The lowest BCUT2D eigenvalue weighted by Gasteiger charge is -2.16. The van der Waals surface area contributed by atoms with Gasteiger partial charge in [0.15, 0.2) is 0 Å². The van der Waals surface area contributed by atoms with Crippen molar-refractivity contribution in [1.82, 2.24) is 15.3 Å². The van der Waals surface area contributed by atoms with Gasteiger partial charge in [-0.25, -0.2) is 18.6 Å². The molecule has 0 aliphatic carbocycles. The Hall–Kier alpha value is -4.25. The van der Waals surface area contributed by atoms with Crippen molar-refractivity contribution in [3.05, 3.63) is 76.2 Å². The van der Waals surface area contributed by atoms with E-state index in [2.05, 4.69) is 25.9 Å². The van der Waals surface area contributed by atoms with Crippen LogP contribution in [0.2, 0.25) is 5.15 Å². The molecule has 0 saturated heterocycles. The van der Waals surface area contributed by atoms with E-state index in [1.165, 1.54) is 6.92 Å². The van der Waals surface area contributed by atoms with Gasteiger partial charge in [0.1, 0.15) is 33.9 Å². The van der Waals surface area contributed by atoms with Crippen molar-refractivity contribution in [1.29, 1.82) is 0 Å². The van der Waals surface area contributed by atoms with Gasteiger partial charge in [-0.1, -0.05) is 23.8 Å². The lowest BCUT2D eigenvalue weighted by Crippen LogP contribution is -2.30. The lowest BCUT2D eigenvalue weighted by atomic mass is 10.1. The van der Waals surface area contributed by atoms with Crippen molar-refractivity contribution < 1.29 is 27.9 Å². The number of aromatic nitrogens is 2. The summed E-state index contributed by atoms with van der Waals surface area (Å²) in [5, 5.41) is 8.15. The number of amides is 3. The highest BCUT2D eigenvalue weighted by molar-refractivity contribution is 6.32. The topological polar surface area (TPSA) is 125 Å².